The molecule has 4 rings (SSSR count). The predicted octanol–water partition coefficient (Wildman–Crippen LogP) is 4.12. The van der Waals surface area contributed by atoms with E-state index in [1.54, 1.807) is 0 Å². The number of hydrogen-bond donors (Lipinski definition) is 1. The minimum absolute atomic E-state index is 0.0267. The summed E-state index contributed by atoms with van der Waals surface area (Å²) < 4.78 is 11.0. The monoisotopic (exact) mass is 418 g/mol. The normalized spacial score (nSPS) is 44.7. The van der Waals surface area contributed by atoms with E-state index in [1.807, 2.05) is 0 Å². The molecule has 6 nitrogen and oxygen atoms in total. The number of carbonyl (C=O) groups excluding carboxylic acids is 2. The standard InChI is InChI=1S/C24H34O6/c1-23-10-9-17(29-13-25)11-16(23)3-6-18-19-7-4-15(5-8-22(27)28)24(19,2)21(30-14-26)12-20(18)23/h3,13-15,17-21H,4-12H2,1-2H3,(H,27,28)/t15-,17+,18+,19+,20+,21-,23+,24-/m1/s1. The van der Waals surface area contributed by atoms with Crippen LogP contribution in [0, 0.1) is 34.5 Å². The van der Waals surface area contributed by atoms with Gasteiger partial charge in [0, 0.05) is 18.3 Å². The van der Waals surface area contributed by atoms with Crippen LogP contribution in [0.25, 0.3) is 0 Å². The van der Waals surface area contributed by atoms with Crippen molar-refractivity contribution in [2.45, 2.75) is 83.8 Å². The average Bonchev–Trinajstić information content (AvgIpc) is 3.05. The lowest BCUT2D eigenvalue weighted by atomic mass is 9.46. The van der Waals surface area contributed by atoms with Crippen molar-refractivity contribution in [1.82, 2.24) is 0 Å². The first-order valence-electron chi connectivity index (χ1n) is 11.4. The first-order valence-corrected chi connectivity index (χ1v) is 11.4. The summed E-state index contributed by atoms with van der Waals surface area (Å²) in [5.41, 5.74) is 1.30. The SMILES string of the molecule is C[C@@]12[C@@H](CCC(=O)O)CC[C@H]1[C@@H]1CC=C3C[C@@H](OC=O)CC[C@]3(C)[C@H]1C[C@H]2OC=O. The van der Waals surface area contributed by atoms with Crippen molar-refractivity contribution in [3.63, 3.8) is 0 Å². The molecule has 166 valence electrons. The molecule has 0 heterocycles. The van der Waals surface area contributed by atoms with Gasteiger partial charge in [0.15, 0.2) is 0 Å². The third kappa shape index (κ3) is 3.27. The number of aliphatic carboxylic acids is 1. The number of rotatable bonds is 7. The maximum Gasteiger partial charge on any atom is 0.303 e. The van der Waals surface area contributed by atoms with E-state index in [9.17, 15) is 19.5 Å². The molecule has 0 saturated heterocycles. The Hall–Kier alpha value is -1.85. The molecule has 4 aliphatic rings. The molecule has 0 aliphatic heterocycles. The largest absolute Gasteiger partial charge is 0.481 e. The lowest BCUT2D eigenvalue weighted by Crippen LogP contribution is -2.56. The molecule has 0 unspecified atom stereocenters. The second-order valence-electron chi connectivity index (χ2n) is 10.4. The maximum absolute atomic E-state index is 11.4. The fourth-order valence-corrected chi connectivity index (χ4v) is 7.92. The highest BCUT2D eigenvalue weighted by Gasteiger charge is 2.63. The molecule has 6 heteroatoms. The fraction of sp³-hybridized carbons (Fsp3) is 0.792. The smallest absolute Gasteiger partial charge is 0.303 e. The molecule has 8 atom stereocenters. The van der Waals surface area contributed by atoms with Crippen LogP contribution in [0.15, 0.2) is 11.6 Å². The maximum atomic E-state index is 11.4. The third-order valence-electron chi connectivity index (χ3n) is 9.50. The lowest BCUT2D eigenvalue weighted by molar-refractivity contribution is -0.168. The van der Waals surface area contributed by atoms with Gasteiger partial charge in [-0.25, -0.2) is 0 Å². The van der Waals surface area contributed by atoms with Crippen molar-refractivity contribution in [3.05, 3.63) is 11.6 Å². The third-order valence-corrected chi connectivity index (χ3v) is 9.50. The van der Waals surface area contributed by atoms with Crippen LogP contribution in [0.2, 0.25) is 0 Å². The number of carboxylic acids is 1. The van der Waals surface area contributed by atoms with E-state index in [0.717, 1.165) is 44.9 Å². The van der Waals surface area contributed by atoms with Crippen LogP contribution in [0.3, 0.4) is 0 Å². The number of hydrogen-bond acceptors (Lipinski definition) is 5. The number of carboxylic acid groups (broad SMARTS) is 1. The Labute approximate surface area is 178 Å². The second-order valence-corrected chi connectivity index (χ2v) is 10.4. The van der Waals surface area contributed by atoms with Gasteiger partial charge in [-0.1, -0.05) is 25.5 Å². The van der Waals surface area contributed by atoms with Gasteiger partial charge >= 0.3 is 5.97 Å². The molecule has 3 fully saturated rings. The Morgan fingerprint density at radius 1 is 1.17 bits per heavy atom. The number of ether oxygens (including phenoxy) is 2. The van der Waals surface area contributed by atoms with Gasteiger partial charge in [-0.15, -0.1) is 0 Å². The highest BCUT2D eigenvalue weighted by molar-refractivity contribution is 5.66. The Balaban J connectivity index is 1.63. The van der Waals surface area contributed by atoms with Gasteiger partial charge in [-0.2, -0.15) is 0 Å². The van der Waals surface area contributed by atoms with Crippen molar-refractivity contribution >= 4 is 18.9 Å². The van der Waals surface area contributed by atoms with E-state index in [-0.39, 0.29) is 35.4 Å². The second kappa shape index (κ2) is 8.01. The average molecular weight is 419 g/mol. The van der Waals surface area contributed by atoms with Crippen molar-refractivity contribution < 1.29 is 29.0 Å². The molecule has 4 aliphatic carbocycles. The topological polar surface area (TPSA) is 89.9 Å². The summed E-state index contributed by atoms with van der Waals surface area (Å²) in [4.78, 5) is 33.5. The predicted molar refractivity (Wildman–Crippen MR) is 109 cm³/mol. The van der Waals surface area contributed by atoms with Crippen molar-refractivity contribution in [1.29, 1.82) is 0 Å². The van der Waals surface area contributed by atoms with E-state index in [4.69, 9.17) is 9.47 Å². The first-order chi connectivity index (χ1) is 14.3. The molecule has 0 spiro atoms. The molecule has 0 bridgehead atoms. The summed E-state index contributed by atoms with van der Waals surface area (Å²) in [5, 5.41) is 9.21. The van der Waals surface area contributed by atoms with Crippen LogP contribution in [-0.4, -0.2) is 36.2 Å². The first kappa shape index (κ1) is 21.4. The summed E-state index contributed by atoms with van der Waals surface area (Å²) in [6, 6.07) is 0. The van der Waals surface area contributed by atoms with Crippen molar-refractivity contribution in [2.24, 2.45) is 34.5 Å². The molecule has 0 aromatic heterocycles. The molecule has 3 saturated carbocycles. The molecular weight excluding hydrogens is 384 g/mol. The fourth-order valence-electron chi connectivity index (χ4n) is 7.92. The van der Waals surface area contributed by atoms with Crippen LogP contribution >= 0.6 is 0 Å². The van der Waals surface area contributed by atoms with E-state index >= 15 is 0 Å². The van der Waals surface area contributed by atoms with Gasteiger partial charge in [-0.05, 0) is 74.0 Å². The summed E-state index contributed by atoms with van der Waals surface area (Å²) in [6.45, 7) is 5.76. The highest BCUT2D eigenvalue weighted by atomic mass is 16.5. The zero-order valence-corrected chi connectivity index (χ0v) is 18.0. The zero-order valence-electron chi connectivity index (χ0n) is 18.0. The Morgan fingerprint density at radius 2 is 1.93 bits per heavy atom. The van der Waals surface area contributed by atoms with Gasteiger partial charge in [0.25, 0.3) is 12.9 Å². The summed E-state index contributed by atoms with van der Waals surface area (Å²) in [5.74, 6) is 0.943. The van der Waals surface area contributed by atoms with Crippen LogP contribution in [0.4, 0.5) is 0 Å². The number of fused-ring (bicyclic) bond motifs is 5. The zero-order chi connectivity index (χ0) is 21.5. The van der Waals surface area contributed by atoms with E-state index < -0.39 is 5.97 Å². The van der Waals surface area contributed by atoms with Gasteiger partial charge in [-0.3, -0.25) is 14.4 Å². The minimum atomic E-state index is -0.754. The quantitative estimate of drug-likeness (QED) is 0.494. The minimum Gasteiger partial charge on any atom is -0.481 e. The molecule has 0 aromatic rings. The van der Waals surface area contributed by atoms with Crippen LogP contribution < -0.4 is 0 Å². The van der Waals surface area contributed by atoms with Gasteiger partial charge in [0.1, 0.15) is 12.2 Å². The Kier molecular flexibility index (Phi) is 5.71. The van der Waals surface area contributed by atoms with Crippen molar-refractivity contribution in [3.8, 4) is 0 Å². The van der Waals surface area contributed by atoms with Crippen molar-refractivity contribution in [2.75, 3.05) is 0 Å². The Bertz CT molecular complexity index is 731. The van der Waals surface area contributed by atoms with Crippen LogP contribution in [0.5, 0.6) is 0 Å². The highest BCUT2D eigenvalue weighted by Crippen LogP contribution is 2.67. The number of allylic oxidation sites excluding steroid dienone is 1. The van der Waals surface area contributed by atoms with E-state index in [1.165, 1.54) is 5.57 Å². The van der Waals surface area contributed by atoms with Gasteiger partial charge in [0.2, 0.25) is 0 Å². The van der Waals surface area contributed by atoms with Gasteiger partial charge < -0.3 is 14.6 Å². The van der Waals surface area contributed by atoms with E-state index in [0.29, 0.717) is 37.1 Å². The molecule has 30 heavy (non-hydrogen) atoms. The molecule has 0 aromatic carbocycles. The van der Waals surface area contributed by atoms with Crippen LogP contribution in [-0.2, 0) is 23.9 Å². The molecule has 1 N–H and O–H groups in total. The van der Waals surface area contributed by atoms with Gasteiger partial charge in [0.05, 0.1) is 0 Å². The molecule has 0 radical (unpaired) electrons. The van der Waals surface area contributed by atoms with E-state index in [2.05, 4.69) is 19.9 Å². The van der Waals surface area contributed by atoms with Crippen LogP contribution in [0.1, 0.15) is 71.6 Å². The molecular formula is C24H34O6. The molecule has 0 amide bonds. The lowest BCUT2D eigenvalue weighted by Gasteiger charge is -2.60. The summed E-state index contributed by atoms with van der Waals surface area (Å²) in [6.07, 6.45) is 9.65. The summed E-state index contributed by atoms with van der Waals surface area (Å²) >= 11 is 0. The Morgan fingerprint density at radius 3 is 2.63 bits per heavy atom. The summed E-state index contributed by atoms with van der Waals surface area (Å²) in [7, 11) is 0. The number of carbonyl (C=O) groups is 3.